The Bertz CT molecular complexity index is 209. The van der Waals surface area contributed by atoms with Gasteiger partial charge >= 0.3 is 0 Å². The van der Waals surface area contributed by atoms with Crippen LogP contribution in [0, 0.1) is 5.41 Å². The molecule has 0 aromatic heterocycles. The number of nitrogens with zero attached hydrogens (tertiary/aromatic N) is 1. The standard InChI is InChI=1S/C8H17N3OS/c1-2-7(8(9)10)11-3-5-13(12)6-4-11/h7H,2-6H2,1H3,(H3,9,10). The number of nitrogens with one attached hydrogen (secondary N) is 1. The molecular weight excluding hydrogens is 186 g/mol. The molecule has 1 atom stereocenters. The third-order valence-corrected chi connectivity index (χ3v) is 3.67. The van der Waals surface area contributed by atoms with Crippen LogP contribution < -0.4 is 5.73 Å². The van der Waals surface area contributed by atoms with E-state index in [9.17, 15) is 4.21 Å². The van der Waals surface area contributed by atoms with E-state index in [4.69, 9.17) is 11.1 Å². The lowest BCUT2D eigenvalue weighted by molar-refractivity contribution is 0.257. The lowest BCUT2D eigenvalue weighted by Gasteiger charge is -2.32. The van der Waals surface area contributed by atoms with Crippen LogP contribution in [0.4, 0.5) is 0 Å². The van der Waals surface area contributed by atoms with Gasteiger partial charge in [0.2, 0.25) is 0 Å². The summed E-state index contributed by atoms with van der Waals surface area (Å²) in [6.45, 7) is 3.65. The van der Waals surface area contributed by atoms with Crippen molar-refractivity contribution in [3.05, 3.63) is 0 Å². The average molecular weight is 203 g/mol. The highest BCUT2D eigenvalue weighted by atomic mass is 32.2. The zero-order valence-corrected chi connectivity index (χ0v) is 8.77. The normalized spacial score (nSPS) is 22.8. The van der Waals surface area contributed by atoms with Gasteiger partial charge in [0.05, 0.1) is 6.04 Å². The van der Waals surface area contributed by atoms with Gasteiger partial charge in [-0.2, -0.15) is 0 Å². The Hall–Kier alpha value is -0.420. The zero-order valence-electron chi connectivity index (χ0n) is 7.95. The molecule has 5 heteroatoms. The van der Waals surface area contributed by atoms with Gasteiger partial charge in [-0.05, 0) is 6.42 Å². The van der Waals surface area contributed by atoms with Crippen molar-refractivity contribution in [2.24, 2.45) is 5.73 Å². The van der Waals surface area contributed by atoms with Gasteiger partial charge in [-0.3, -0.25) is 14.5 Å². The first-order chi connectivity index (χ1) is 6.15. The highest BCUT2D eigenvalue weighted by Crippen LogP contribution is 2.08. The molecule has 1 saturated heterocycles. The summed E-state index contributed by atoms with van der Waals surface area (Å²) in [5.41, 5.74) is 5.48. The highest BCUT2D eigenvalue weighted by molar-refractivity contribution is 7.85. The molecule has 0 aliphatic carbocycles. The van der Waals surface area contributed by atoms with E-state index in [1.165, 1.54) is 0 Å². The molecule has 1 heterocycles. The quantitative estimate of drug-likeness (QED) is 0.491. The van der Waals surface area contributed by atoms with Crippen molar-refractivity contribution in [3.63, 3.8) is 0 Å². The molecule has 0 bridgehead atoms. The highest BCUT2D eigenvalue weighted by Gasteiger charge is 2.23. The first-order valence-electron chi connectivity index (χ1n) is 4.58. The molecule has 0 radical (unpaired) electrons. The smallest absolute Gasteiger partial charge is 0.108 e. The van der Waals surface area contributed by atoms with E-state index in [-0.39, 0.29) is 11.9 Å². The van der Waals surface area contributed by atoms with Crippen LogP contribution in [0.3, 0.4) is 0 Å². The van der Waals surface area contributed by atoms with Crippen molar-refractivity contribution in [2.75, 3.05) is 24.6 Å². The number of hydrogen-bond acceptors (Lipinski definition) is 3. The van der Waals surface area contributed by atoms with Crippen molar-refractivity contribution in [3.8, 4) is 0 Å². The Morgan fingerprint density at radius 1 is 1.62 bits per heavy atom. The molecule has 0 aromatic rings. The van der Waals surface area contributed by atoms with Crippen molar-refractivity contribution in [1.29, 1.82) is 5.41 Å². The van der Waals surface area contributed by atoms with E-state index in [1.54, 1.807) is 0 Å². The Morgan fingerprint density at radius 3 is 2.54 bits per heavy atom. The summed E-state index contributed by atoms with van der Waals surface area (Å²) < 4.78 is 11.1. The average Bonchev–Trinajstić information content (AvgIpc) is 2.09. The second-order valence-corrected chi connectivity index (χ2v) is 4.96. The molecule has 0 aromatic carbocycles. The molecular formula is C8H17N3OS. The van der Waals surface area contributed by atoms with Crippen molar-refractivity contribution >= 4 is 16.6 Å². The fourth-order valence-corrected chi connectivity index (χ4v) is 2.72. The first-order valence-corrected chi connectivity index (χ1v) is 6.07. The molecule has 3 N–H and O–H groups in total. The SMILES string of the molecule is CCC(C(=N)N)N1CCS(=O)CC1. The zero-order chi connectivity index (χ0) is 9.84. The van der Waals surface area contributed by atoms with Crippen LogP contribution in [0.1, 0.15) is 13.3 Å². The van der Waals surface area contributed by atoms with Crippen LogP contribution in [0.15, 0.2) is 0 Å². The second kappa shape index (κ2) is 4.72. The van der Waals surface area contributed by atoms with E-state index in [2.05, 4.69) is 4.90 Å². The van der Waals surface area contributed by atoms with Crippen LogP contribution in [0.25, 0.3) is 0 Å². The van der Waals surface area contributed by atoms with Crippen LogP contribution in [0.2, 0.25) is 0 Å². The van der Waals surface area contributed by atoms with Gasteiger partial charge in [-0.25, -0.2) is 0 Å². The first kappa shape index (κ1) is 10.7. The van der Waals surface area contributed by atoms with Gasteiger partial charge in [-0.1, -0.05) is 6.92 Å². The minimum Gasteiger partial charge on any atom is -0.386 e. The van der Waals surface area contributed by atoms with E-state index in [0.29, 0.717) is 0 Å². The van der Waals surface area contributed by atoms with E-state index < -0.39 is 10.8 Å². The summed E-state index contributed by atoms with van der Waals surface area (Å²) in [6.07, 6.45) is 0.863. The summed E-state index contributed by atoms with van der Waals surface area (Å²) in [4.78, 5) is 2.16. The molecule has 0 amide bonds. The van der Waals surface area contributed by atoms with E-state index in [1.807, 2.05) is 6.92 Å². The Balaban J connectivity index is 2.50. The predicted octanol–water partition coefficient (Wildman–Crippen LogP) is -0.235. The molecule has 0 spiro atoms. The van der Waals surface area contributed by atoms with Crippen molar-refractivity contribution in [1.82, 2.24) is 4.90 Å². The minimum atomic E-state index is -0.646. The summed E-state index contributed by atoms with van der Waals surface area (Å²) in [6, 6.07) is 0.0531. The molecule has 13 heavy (non-hydrogen) atoms. The van der Waals surface area contributed by atoms with Crippen LogP contribution in [-0.2, 0) is 10.8 Å². The van der Waals surface area contributed by atoms with Crippen LogP contribution in [-0.4, -0.2) is 45.6 Å². The lowest BCUT2D eigenvalue weighted by atomic mass is 10.1. The van der Waals surface area contributed by atoms with Gasteiger partial charge in [0, 0.05) is 35.4 Å². The third-order valence-electron chi connectivity index (χ3n) is 2.40. The minimum absolute atomic E-state index is 0.0531. The van der Waals surface area contributed by atoms with Crippen LogP contribution >= 0.6 is 0 Å². The molecule has 1 rings (SSSR count). The number of nitrogens with two attached hydrogens (primary N) is 1. The molecule has 4 nitrogen and oxygen atoms in total. The fourth-order valence-electron chi connectivity index (χ4n) is 1.64. The van der Waals surface area contributed by atoms with Gasteiger partial charge in [0.25, 0.3) is 0 Å². The van der Waals surface area contributed by atoms with Crippen molar-refractivity contribution in [2.45, 2.75) is 19.4 Å². The molecule has 0 saturated carbocycles. The lowest BCUT2D eigenvalue weighted by Crippen LogP contribution is -2.49. The molecule has 1 unspecified atom stereocenters. The van der Waals surface area contributed by atoms with E-state index >= 15 is 0 Å². The second-order valence-electron chi connectivity index (χ2n) is 3.26. The Labute approximate surface area is 81.4 Å². The maximum absolute atomic E-state index is 11.1. The molecule has 76 valence electrons. The molecule has 1 fully saturated rings. The fraction of sp³-hybridized carbons (Fsp3) is 0.875. The third kappa shape index (κ3) is 2.77. The van der Waals surface area contributed by atoms with Crippen LogP contribution in [0.5, 0.6) is 0 Å². The maximum Gasteiger partial charge on any atom is 0.108 e. The number of rotatable bonds is 3. The van der Waals surface area contributed by atoms with Gasteiger partial charge < -0.3 is 5.73 Å². The van der Waals surface area contributed by atoms with Gasteiger partial charge in [0.1, 0.15) is 5.84 Å². The van der Waals surface area contributed by atoms with Gasteiger partial charge in [0.15, 0.2) is 0 Å². The predicted molar refractivity (Wildman–Crippen MR) is 55.4 cm³/mol. The largest absolute Gasteiger partial charge is 0.386 e. The Kier molecular flexibility index (Phi) is 3.87. The summed E-state index contributed by atoms with van der Waals surface area (Å²) in [7, 11) is -0.646. The monoisotopic (exact) mass is 203 g/mol. The Morgan fingerprint density at radius 2 is 2.15 bits per heavy atom. The number of hydrogen-bond donors (Lipinski definition) is 2. The summed E-state index contributed by atoms with van der Waals surface area (Å²) >= 11 is 0. The van der Waals surface area contributed by atoms with Crippen molar-refractivity contribution < 1.29 is 4.21 Å². The maximum atomic E-state index is 11.1. The van der Waals surface area contributed by atoms with Gasteiger partial charge in [-0.15, -0.1) is 0 Å². The summed E-state index contributed by atoms with van der Waals surface area (Å²) in [5.74, 6) is 1.68. The topological polar surface area (TPSA) is 70.2 Å². The molecule has 1 aliphatic rings. The number of amidine groups is 1. The summed E-state index contributed by atoms with van der Waals surface area (Å²) in [5, 5.41) is 7.40. The molecule has 1 aliphatic heterocycles. The van der Waals surface area contributed by atoms with E-state index in [0.717, 1.165) is 31.0 Å².